The van der Waals surface area contributed by atoms with Crippen LogP contribution in [0.1, 0.15) is 0 Å². The van der Waals surface area contributed by atoms with Crippen molar-refractivity contribution < 1.29 is 14.3 Å². The number of carbonyl (C=O) groups excluding carboxylic acids is 2. The Labute approximate surface area is 74.9 Å². The smallest absolute Gasteiger partial charge is 0.396 e. The van der Waals surface area contributed by atoms with Gasteiger partial charge in [-0.05, 0) is 0 Å². The van der Waals surface area contributed by atoms with Crippen LogP contribution in [-0.2, 0) is 14.3 Å². The number of hydrogen-bond donors (Lipinski definition) is 0. The highest BCUT2D eigenvalue weighted by atomic mass is 16.5. The first-order valence-corrected chi connectivity index (χ1v) is 3.28. The summed E-state index contributed by atoms with van der Waals surface area (Å²) in [4.78, 5) is 22.5. The Balaban J connectivity index is 4.39. The minimum Gasteiger partial charge on any atom is -0.462 e. The number of nitrogens with zero attached hydrogens (tertiary/aromatic N) is 3. The Bertz CT molecular complexity index is 270. The maximum Gasteiger partial charge on any atom is 0.396 e. The molecule has 0 aliphatic heterocycles. The maximum atomic E-state index is 11.0. The van der Waals surface area contributed by atoms with Crippen LogP contribution >= 0.6 is 0 Å². The number of rotatable bonds is 2. The van der Waals surface area contributed by atoms with Gasteiger partial charge in [-0.1, -0.05) is 0 Å². The Morgan fingerprint density at radius 3 is 2.08 bits per heavy atom. The maximum absolute atomic E-state index is 11.0. The van der Waals surface area contributed by atoms with E-state index in [4.69, 9.17) is 10.5 Å². The van der Waals surface area contributed by atoms with Gasteiger partial charge in [0.1, 0.15) is 13.1 Å². The van der Waals surface area contributed by atoms with E-state index >= 15 is 0 Å². The summed E-state index contributed by atoms with van der Waals surface area (Å²) in [5, 5.41) is 16.5. The normalized spacial score (nSPS) is 7.92. The largest absolute Gasteiger partial charge is 0.462 e. The molecule has 1 amide bonds. The van der Waals surface area contributed by atoms with Crippen LogP contribution in [0.25, 0.3) is 0 Å². The summed E-state index contributed by atoms with van der Waals surface area (Å²) in [5.74, 6) is -2.06. The molecule has 0 aliphatic rings. The molecule has 0 radical (unpaired) electrons. The SMILES string of the molecule is COC(=O)C(=O)N(CC#N)CC#N. The zero-order valence-corrected chi connectivity index (χ0v) is 6.98. The fourth-order valence-electron chi connectivity index (χ4n) is 0.587. The van der Waals surface area contributed by atoms with Crippen LogP contribution in [0.2, 0.25) is 0 Å². The first kappa shape index (κ1) is 10.9. The first-order valence-electron chi connectivity index (χ1n) is 3.28. The predicted molar refractivity (Wildman–Crippen MR) is 39.8 cm³/mol. The molecule has 6 nitrogen and oxygen atoms in total. The molecule has 0 fully saturated rings. The number of methoxy groups -OCH3 is 1. The van der Waals surface area contributed by atoms with Crippen molar-refractivity contribution in [3.63, 3.8) is 0 Å². The first-order chi connectivity index (χ1) is 6.17. The number of hydrogen-bond acceptors (Lipinski definition) is 5. The summed E-state index contributed by atoms with van der Waals surface area (Å²) in [7, 11) is 1.05. The van der Waals surface area contributed by atoms with Gasteiger partial charge in [0.25, 0.3) is 0 Å². The van der Waals surface area contributed by atoms with E-state index in [0.717, 1.165) is 12.0 Å². The molecule has 0 aromatic heterocycles. The lowest BCUT2D eigenvalue weighted by Crippen LogP contribution is -2.37. The van der Waals surface area contributed by atoms with Gasteiger partial charge in [-0.25, -0.2) is 4.79 Å². The second-order valence-corrected chi connectivity index (χ2v) is 1.97. The van der Waals surface area contributed by atoms with Crippen LogP contribution in [0.5, 0.6) is 0 Å². The standard InChI is InChI=1S/C7H7N3O3/c1-13-7(12)6(11)10(4-2-8)5-3-9/h4-5H2,1H3. The van der Waals surface area contributed by atoms with E-state index in [1.165, 1.54) is 0 Å². The lowest BCUT2D eigenvalue weighted by atomic mass is 10.4. The Kier molecular flexibility index (Phi) is 4.67. The molecule has 0 saturated carbocycles. The highest BCUT2D eigenvalue weighted by Crippen LogP contribution is 1.90. The quantitative estimate of drug-likeness (QED) is 0.310. The van der Waals surface area contributed by atoms with Crippen molar-refractivity contribution >= 4 is 11.9 Å². The van der Waals surface area contributed by atoms with Crippen LogP contribution in [0.15, 0.2) is 0 Å². The van der Waals surface area contributed by atoms with Gasteiger partial charge in [0.15, 0.2) is 0 Å². The van der Waals surface area contributed by atoms with Crippen LogP contribution in [0, 0.1) is 22.7 Å². The van der Waals surface area contributed by atoms with Gasteiger partial charge >= 0.3 is 11.9 Å². The molecule has 0 bridgehead atoms. The second kappa shape index (κ2) is 5.56. The number of esters is 1. The lowest BCUT2D eigenvalue weighted by Gasteiger charge is -2.12. The summed E-state index contributed by atoms with van der Waals surface area (Å²) in [5.41, 5.74) is 0. The molecule has 0 aromatic rings. The van der Waals surface area contributed by atoms with E-state index in [-0.39, 0.29) is 13.1 Å². The van der Waals surface area contributed by atoms with Crippen molar-refractivity contribution in [2.75, 3.05) is 20.2 Å². The van der Waals surface area contributed by atoms with Crippen molar-refractivity contribution in [3.05, 3.63) is 0 Å². The van der Waals surface area contributed by atoms with E-state index < -0.39 is 11.9 Å². The summed E-state index contributed by atoms with van der Waals surface area (Å²) in [6, 6.07) is 3.32. The molecule has 6 heteroatoms. The number of amides is 1. The van der Waals surface area contributed by atoms with Crippen LogP contribution < -0.4 is 0 Å². The molecule has 0 rings (SSSR count). The second-order valence-electron chi connectivity index (χ2n) is 1.97. The minimum atomic E-state index is -1.08. The van der Waals surface area contributed by atoms with E-state index in [2.05, 4.69) is 4.74 Å². The van der Waals surface area contributed by atoms with Crippen molar-refractivity contribution in [1.82, 2.24) is 4.90 Å². The predicted octanol–water partition coefficient (Wildman–Crippen LogP) is -0.965. The van der Waals surface area contributed by atoms with E-state index in [1.54, 1.807) is 12.1 Å². The molecule has 68 valence electrons. The topological polar surface area (TPSA) is 94.2 Å². The number of carbonyl (C=O) groups is 2. The van der Waals surface area contributed by atoms with E-state index in [0.29, 0.717) is 0 Å². The lowest BCUT2D eigenvalue weighted by molar-refractivity contribution is -0.157. The Hall–Kier alpha value is -2.08. The summed E-state index contributed by atoms with van der Waals surface area (Å²) >= 11 is 0. The average Bonchev–Trinajstić information content (AvgIpc) is 2.15. The van der Waals surface area contributed by atoms with Gasteiger partial charge in [0.05, 0.1) is 19.2 Å². The molecule has 0 atom stereocenters. The molecule has 0 heterocycles. The zero-order chi connectivity index (χ0) is 10.3. The van der Waals surface area contributed by atoms with E-state index in [9.17, 15) is 9.59 Å². The molecule has 0 N–H and O–H groups in total. The highest BCUT2D eigenvalue weighted by molar-refractivity contribution is 6.32. The summed E-state index contributed by atoms with van der Waals surface area (Å²) in [6.07, 6.45) is 0. The van der Waals surface area contributed by atoms with Gasteiger partial charge in [-0.15, -0.1) is 0 Å². The third kappa shape index (κ3) is 3.21. The average molecular weight is 181 g/mol. The zero-order valence-electron chi connectivity index (χ0n) is 6.98. The van der Waals surface area contributed by atoms with Crippen molar-refractivity contribution in [2.45, 2.75) is 0 Å². The monoisotopic (exact) mass is 181 g/mol. The molecule has 0 aromatic carbocycles. The molecule has 0 saturated heterocycles. The fraction of sp³-hybridized carbons (Fsp3) is 0.429. The van der Waals surface area contributed by atoms with Gasteiger partial charge < -0.3 is 9.64 Å². The summed E-state index contributed by atoms with van der Waals surface area (Å²) < 4.78 is 4.14. The van der Waals surface area contributed by atoms with Crippen LogP contribution in [0.4, 0.5) is 0 Å². The van der Waals surface area contributed by atoms with Crippen molar-refractivity contribution in [1.29, 1.82) is 10.5 Å². The van der Waals surface area contributed by atoms with Crippen molar-refractivity contribution in [3.8, 4) is 12.1 Å². The molecule has 0 unspecified atom stereocenters. The molecule has 0 spiro atoms. The molecular formula is C7H7N3O3. The van der Waals surface area contributed by atoms with Crippen LogP contribution in [-0.4, -0.2) is 37.0 Å². The van der Waals surface area contributed by atoms with Gasteiger partial charge in [0.2, 0.25) is 0 Å². The highest BCUT2D eigenvalue weighted by Gasteiger charge is 2.21. The third-order valence-electron chi connectivity index (χ3n) is 1.17. The van der Waals surface area contributed by atoms with Crippen LogP contribution in [0.3, 0.4) is 0 Å². The fourth-order valence-corrected chi connectivity index (χ4v) is 0.587. The van der Waals surface area contributed by atoms with Gasteiger partial charge in [-0.2, -0.15) is 10.5 Å². The third-order valence-corrected chi connectivity index (χ3v) is 1.17. The Morgan fingerprint density at radius 2 is 1.77 bits per heavy atom. The summed E-state index contributed by atoms with van der Waals surface area (Å²) in [6.45, 7) is -0.608. The number of nitriles is 2. The van der Waals surface area contributed by atoms with Gasteiger partial charge in [-0.3, -0.25) is 4.79 Å². The Morgan fingerprint density at radius 1 is 1.31 bits per heavy atom. The molecule has 13 heavy (non-hydrogen) atoms. The number of ether oxygens (including phenoxy) is 1. The minimum absolute atomic E-state index is 0.304. The molecule has 0 aliphatic carbocycles. The molecular weight excluding hydrogens is 174 g/mol. The van der Waals surface area contributed by atoms with E-state index in [1.807, 2.05) is 0 Å². The van der Waals surface area contributed by atoms with Gasteiger partial charge in [0, 0.05) is 0 Å². The van der Waals surface area contributed by atoms with Crippen molar-refractivity contribution in [2.24, 2.45) is 0 Å².